The lowest BCUT2D eigenvalue weighted by atomic mass is 10.2. The fourth-order valence-corrected chi connectivity index (χ4v) is 3.17. The van der Waals surface area contributed by atoms with E-state index in [0.717, 1.165) is 0 Å². The summed E-state index contributed by atoms with van der Waals surface area (Å²) >= 11 is 1.31. The van der Waals surface area contributed by atoms with Crippen LogP contribution in [0.3, 0.4) is 0 Å². The van der Waals surface area contributed by atoms with E-state index in [9.17, 15) is 9.59 Å². The van der Waals surface area contributed by atoms with Crippen LogP contribution in [0.4, 0.5) is 10.5 Å². The number of thiazole rings is 1. The predicted molar refractivity (Wildman–Crippen MR) is 107 cm³/mol. The molecule has 0 bridgehead atoms. The molecule has 0 aliphatic heterocycles. The molecule has 1 heterocycles. The molecule has 2 rings (SSSR count). The number of carbonyl (C=O) groups excluding carboxylic acids is 2. The number of ether oxygens (including phenoxy) is 3. The molecule has 0 radical (unpaired) electrons. The standard InChI is InChI=1S/C19H25N3O5S/c1-6-27-18(23)15-11-28-17(20-15)10-22(12(2)3)19(24)21-14-8-7-13(25-4)9-16(14)26-5/h7-9,11-12H,6,10H2,1-5H3,(H,21,24). The van der Waals surface area contributed by atoms with Crippen LogP contribution in [0, 0.1) is 0 Å². The van der Waals surface area contributed by atoms with Crippen molar-refractivity contribution in [3.8, 4) is 11.5 Å². The molecular weight excluding hydrogens is 382 g/mol. The first-order valence-electron chi connectivity index (χ1n) is 8.80. The summed E-state index contributed by atoms with van der Waals surface area (Å²) < 4.78 is 15.5. The zero-order valence-corrected chi connectivity index (χ0v) is 17.5. The van der Waals surface area contributed by atoms with Gasteiger partial charge < -0.3 is 24.4 Å². The molecule has 9 heteroatoms. The molecule has 0 aliphatic carbocycles. The number of urea groups is 1. The van der Waals surface area contributed by atoms with Gasteiger partial charge in [0.1, 0.15) is 16.5 Å². The first kappa shape index (κ1) is 21.5. The van der Waals surface area contributed by atoms with Crippen LogP contribution in [0.1, 0.15) is 36.3 Å². The number of esters is 1. The lowest BCUT2D eigenvalue weighted by molar-refractivity contribution is 0.0520. The lowest BCUT2D eigenvalue weighted by Gasteiger charge is -2.26. The van der Waals surface area contributed by atoms with Crippen molar-refractivity contribution in [2.24, 2.45) is 0 Å². The Labute approximate surface area is 168 Å². The van der Waals surface area contributed by atoms with Crippen molar-refractivity contribution in [2.45, 2.75) is 33.4 Å². The first-order valence-corrected chi connectivity index (χ1v) is 9.68. The molecule has 0 atom stereocenters. The van der Waals surface area contributed by atoms with Crippen LogP contribution < -0.4 is 14.8 Å². The molecule has 1 aromatic carbocycles. The molecule has 1 N–H and O–H groups in total. The number of benzene rings is 1. The Morgan fingerprint density at radius 3 is 2.61 bits per heavy atom. The molecule has 28 heavy (non-hydrogen) atoms. The van der Waals surface area contributed by atoms with Gasteiger partial charge in [-0.1, -0.05) is 0 Å². The molecule has 0 aliphatic rings. The predicted octanol–water partition coefficient (Wildman–Crippen LogP) is 3.78. The van der Waals surface area contributed by atoms with Crippen molar-refractivity contribution < 1.29 is 23.8 Å². The third-order valence-electron chi connectivity index (χ3n) is 3.88. The zero-order valence-electron chi connectivity index (χ0n) is 16.6. The average Bonchev–Trinajstić information content (AvgIpc) is 3.15. The average molecular weight is 407 g/mol. The minimum Gasteiger partial charge on any atom is -0.497 e. The van der Waals surface area contributed by atoms with E-state index in [1.54, 1.807) is 42.5 Å². The van der Waals surface area contributed by atoms with E-state index < -0.39 is 5.97 Å². The van der Waals surface area contributed by atoms with Gasteiger partial charge in [-0.3, -0.25) is 0 Å². The van der Waals surface area contributed by atoms with Crippen LogP contribution in [0.5, 0.6) is 11.5 Å². The normalized spacial score (nSPS) is 10.5. The molecular formula is C19H25N3O5S. The number of carbonyl (C=O) groups is 2. The highest BCUT2D eigenvalue weighted by molar-refractivity contribution is 7.09. The summed E-state index contributed by atoms with van der Waals surface area (Å²) in [7, 11) is 3.09. The van der Waals surface area contributed by atoms with Gasteiger partial charge in [0.05, 0.1) is 33.1 Å². The minimum absolute atomic E-state index is 0.0841. The van der Waals surface area contributed by atoms with E-state index in [0.29, 0.717) is 22.2 Å². The smallest absolute Gasteiger partial charge is 0.357 e. The van der Waals surface area contributed by atoms with Gasteiger partial charge >= 0.3 is 12.0 Å². The maximum Gasteiger partial charge on any atom is 0.357 e. The maximum absolute atomic E-state index is 12.8. The van der Waals surface area contributed by atoms with E-state index in [1.807, 2.05) is 13.8 Å². The van der Waals surface area contributed by atoms with E-state index in [-0.39, 0.29) is 30.9 Å². The quantitative estimate of drug-likeness (QED) is 0.670. The summed E-state index contributed by atoms with van der Waals surface area (Å²) in [6.07, 6.45) is 0. The Hall–Kier alpha value is -2.81. The second kappa shape index (κ2) is 9.93. The summed E-state index contributed by atoms with van der Waals surface area (Å²) in [5.74, 6) is 0.661. The highest BCUT2D eigenvalue weighted by Gasteiger charge is 2.21. The van der Waals surface area contributed by atoms with Gasteiger partial charge in [-0.2, -0.15) is 0 Å². The van der Waals surface area contributed by atoms with Crippen LogP contribution in [0.2, 0.25) is 0 Å². The molecule has 0 unspecified atom stereocenters. The molecule has 0 saturated heterocycles. The summed E-state index contributed by atoms with van der Waals surface area (Å²) in [6.45, 7) is 6.11. The van der Waals surface area contributed by atoms with Crippen LogP contribution in [-0.2, 0) is 11.3 Å². The van der Waals surface area contributed by atoms with Gasteiger partial charge in [-0.05, 0) is 32.9 Å². The van der Waals surface area contributed by atoms with Crippen molar-refractivity contribution in [1.82, 2.24) is 9.88 Å². The van der Waals surface area contributed by atoms with Gasteiger partial charge in [-0.25, -0.2) is 14.6 Å². The third kappa shape index (κ3) is 5.35. The lowest BCUT2D eigenvalue weighted by Crippen LogP contribution is -2.39. The number of amides is 2. The molecule has 8 nitrogen and oxygen atoms in total. The highest BCUT2D eigenvalue weighted by atomic mass is 32.1. The van der Waals surface area contributed by atoms with Gasteiger partial charge in [0, 0.05) is 17.5 Å². The number of hydrogen-bond donors (Lipinski definition) is 1. The fraction of sp³-hybridized carbons (Fsp3) is 0.421. The van der Waals surface area contributed by atoms with Gasteiger partial charge in [0.25, 0.3) is 0 Å². The van der Waals surface area contributed by atoms with Gasteiger partial charge in [0.2, 0.25) is 0 Å². The summed E-state index contributed by atoms with van der Waals surface area (Å²) in [6, 6.07) is 4.77. The largest absolute Gasteiger partial charge is 0.497 e. The number of methoxy groups -OCH3 is 2. The Kier molecular flexibility index (Phi) is 7.62. The molecule has 2 amide bonds. The molecule has 152 valence electrons. The third-order valence-corrected chi connectivity index (χ3v) is 4.71. The summed E-state index contributed by atoms with van der Waals surface area (Å²) in [5.41, 5.74) is 0.785. The fourth-order valence-electron chi connectivity index (χ4n) is 2.41. The highest BCUT2D eigenvalue weighted by Crippen LogP contribution is 2.29. The number of rotatable bonds is 8. The SMILES string of the molecule is CCOC(=O)c1csc(CN(C(=O)Nc2ccc(OC)cc2OC)C(C)C)n1. The van der Waals surface area contributed by atoms with Crippen molar-refractivity contribution >= 4 is 29.0 Å². The minimum atomic E-state index is -0.464. The van der Waals surface area contributed by atoms with Crippen molar-refractivity contribution in [2.75, 3.05) is 26.1 Å². The van der Waals surface area contributed by atoms with Gasteiger partial charge in [0.15, 0.2) is 5.69 Å². The molecule has 0 spiro atoms. The number of hydrogen-bond acceptors (Lipinski definition) is 7. The summed E-state index contributed by atoms with van der Waals surface area (Å²) in [4.78, 5) is 30.5. The maximum atomic E-state index is 12.8. The second-order valence-electron chi connectivity index (χ2n) is 6.06. The Bertz CT molecular complexity index is 822. The van der Waals surface area contributed by atoms with E-state index >= 15 is 0 Å². The Balaban J connectivity index is 2.14. The van der Waals surface area contributed by atoms with Crippen molar-refractivity contribution in [3.05, 3.63) is 34.3 Å². The van der Waals surface area contributed by atoms with Crippen molar-refractivity contribution in [3.63, 3.8) is 0 Å². The monoisotopic (exact) mass is 407 g/mol. The van der Waals surface area contributed by atoms with Crippen LogP contribution in [0.15, 0.2) is 23.6 Å². The van der Waals surface area contributed by atoms with Crippen LogP contribution in [0.25, 0.3) is 0 Å². The number of nitrogens with one attached hydrogen (secondary N) is 1. The van der Waals surface area contributed by atoms with Gasteiger partial charge in [-0.15, -0.1) is 11.3 Å². The van der Waals surface area contributed by atoms with E-state index in [2.05, 4.69) is 10.3 Å². The van der Waals surface area contributed by atoms with Crippen LogP contribution in [-0.4, -0.2) is 48.8 Å². The number of aromatic nitrogens is 1. The zero-order chi connectivity index (χ0) is 20.7. The molecule has 1 aromatic heterocycles. The van der Waals surface area contributed by atoms with Crippen LogP contribution >= 0.6 is 11.3 Å². The molecule has 0 saturated carbocycles. The topological polar surface area (TPSA) is 90.0 Å². The van der Waals surface area contributed by atoms with E-state index in [4.69, 9.17) is 14.2 Å². The molecule has 2 aromatic rings. The summed E-state index contributed by atoms with van der Waals surface area (Å²) in [5, 5.41) is 5.14. The Morgan fingerprint density at radius 1 is 1.25 bits per heavy atom. The first-order chi connectivity index (χ1) is 13.4. The number of anilines is 1. The Morgan fingerprint density at radius 2 is 2.00 bits per heavy atom. The molecule has 0 fully saturated rings. The number of nitrogens with zero attached hydrogens (tertiary/aromatic N) is 2. The van der Waals surface area contributed by atoms with E-state index in [1.165, 1.54) is 18.4 Å². The second-order valence-corrected chi connectivity index (χ2v) is 7.01. The van der Waals surface area contributed by atoms with Crippen molar-refractivity contribution in [1.29, 1.82) is 0 Å².